The van der Waals surface area contributed by atoms with Crippen molar-refractivity contribution in [3.05, 3.63) is 71.8 Å². The van der Waals surface area contributed by atoms with Gasteiger partial charge in [0.1, 0.15) is 24.4 Å². The van der Waals surface area contributed by atoms with Gasteiger partial charge in [-0.25, -0.2) is 0 Å². The number of benzene rings is 2. The summed E-state index contributed by atoms with van der Waals surface area (Å²) in [6.07, 6.45) is -3.59. The molecule has 2 saturated heterocycles. The largest absolute Gasteiger partial charge is 0.388 e. The summed E-state index contributed by atoms with van der Waals surface area (Å²) < 4.78 is 23.8. The third-order valence-electron chi connectivity index (χ3n) is 5.06. The lowest BCUT2D eigenvalue weighted by Crippen LogP contribution is -2.66. The number of hydrogen-bond donors (Lipinski definition) is 2. The summed E-state index contributed by atoms with van der Waals surface area (Å²) in [5.74, 6) is -0.281. The van der Waals surface area contributed by atoms with E-state index in [1.165, 1.54) is 6.92 Å². The van der Waals surface area contributed by atoms with E-state index in [4.69, 9.17) is 18.9 Å². The number of hydrogen-bond acceptors (Lipinski definition) is 6. The molecule has 0 aromatic heterocycles. The maximum Gasteiger partial charge on any atom is 0.217 e. The van der Waals surface area contributed by atoms with E-state index in [0.717, 1.165) is 11.1 Å². The highest BCUT2D eigenvalue weighted by Crippen LogP contribution is 2.34. The summed E-state index contributed by atoms with van der Waals surface area (Å²) in [6.45, 7) is 1.93. The van der Waals surface area contributed by atoms with Crippen LogP contribution in [-0.4, -0.2) is 48.3 Å². The second-order valence-electron chi connectivity index (χ2n) is 7.23. The van der Waals surface area contributed by atoms with Crippen molar-refractivity contribution in [2.75, 3.05) is 6.61 Å². The molecule has 1 amide bonds. The molecule has 2 aliphatic rings. The van der Waals surface area contributed by atoms with Gasteiger partial charge >= 0.3 is 0 Å². The second-order valence-corrected chi connectivity index (χ2v) is 7.23. The highest BCUT2D eigenvalue weighted by atomic mass is 16.7. The van der Waals surface area contributed by atoms with Gasteiger partial charge in [0.05, 0.1) is 13.2 Å². The van der Waals surface area contributed by atoms with Gasteiger partial charge in [-0.05, 0) is 5.56 Å². The number of rotatable bonds is 5. The summed E-state index contributed by atoms with van der Waals surface area (Å²) in [7, 11) is 0. The van der Waals surface area contributed by atoms with Gasteiger partial charge in [-0.15, -0.1) is 0 Å². The summed E-state index contributed by atoms with van der Waals surface area (Å²) in [5, 5.41) is 13.7. The molecule has 29 heavy (non-hydrogen) atoms. The predicted molar refractivity (Wildman–Crippen MR) is 104 cm³/mol. The first-order valence-electron chi connectivity index (χ1n) is 9.70. The van der Waals surface area contributed by atoms with E-state index >= 15 is 0 Å². The van der Waals surface area contributed by atoms with E-state index in [-0.39, 0.29) is 12.5 Å². The highest BCUT2D eigenvalue weighted by Gasteiger charge is 2.50. The lowest BCUT2D eigenvalue weighted by Gasteiger charge is -2.47. The standard InChI is InChI=1S/C22H25NO6/c1-14(24)23-18-19(25)20-17(13-27-21(29-20)16-10-6-3-7-11-16)28-22(18)26-12-15-8-4-2-5-9-15/h2-11,17-22,25H,12-13H2,1H3,(H,23,24)/t17-,18+,19-,20+,21+,22+/m1/s1. The van der Waals surface area contributed by atoms with E-state index in [2.05, 4.69) is 5.32 Å². The smallest absolute Gasteiger partial charge is 0.217 e. The fraction of sp³-hybridized carbons (Fsp3) is 0.409. The number of fused-ring (bicyclic) bond motifs is 1. The molecular formula is C22H25NO6. The predicted octanol–water partition coefficient (Wildman–Crippen LogP) is 1.91. The van der Waals surface area contributed by atoms with Crippen molar-refractivity contribution >= 4 is 5.91 Å². The third kappa shape index (κ3) is 4.66. The Morgan fingerprint density at radius 1 is 1.10 bits per heavy atom. The Kier molecular flexibility index (Phi) is 6.22. The molecule has 0 aliphatic carbocycles. The molecule has 2 N–H and O–H groups in total. The number of nitrogens with one attached hydrogen (secondary N) is 1. The molecule has 4 rings (SSSR count). The van der Waals surface area contributed by atoms with Crippen LogP contribution in [0, 0.1) is 0 Å². The number of carbonyl (C=O) groups is 1. The van der Waals surface area contributed by atoms with Crippen molar-refractivity contribution in [2.45, 2.75) is 50.5 Å². The summed E-state index contributed by atoms with van der Waals surface area (Å²) >= 11 is 0. The summed E-state index contributed by atoms with van der Waals surface area (Å²) in [5.41, 5.74) is 1.83. The fourth-order valence-electron chi connectivity index (χ4n) is 3.65. The van der Waals surface area contributed by atoms with E-state index in [0.29, 0.717) is 6.61 Å². The Morgan fingerprint density at radius 2 is 1.79 bits per heavy atom. The molecule has 7 heteroatoms. The first-order valence-corrected chi connectivity index (χ1v) is 9.70. The molecule has 0 radical (unpaired) electrons. The van der Waals surface area contributed by atoms with Crippen LogP contribution in [0.4, 0.5) is 0 Å². The van der Waals surface area contributed by atoms with Gasteiger partial charge in [-0.3, -0.25) is 4.79 Å². The van der Waals surface area contributed by atoms with E-state index < -0.39 is 36.9 Å². The van der Waals surface area contributed by atoms with Crippen LogP contribution in [-0.2, 0) is 30.3 Å². The first kappa shape index (κ1) is 20.0. The Hall–Kier alpha value is -2.29. The number of aliphatic hydroxyl groups is 1. The van der Waals surface area contributed by atoms with Gasteiger partial charge in [0.15, 0.2) is 12.6 Å². The molecular weight excluding hydrogens is 374 g/mol. The van der Waals surface area contributed by atoms with Gasteiger partial charge in [0.2, 0.25) is 5.91 Å². The second kappa shape index (κ2) is 9.02. The Bertz CT molecular complexity index is 801. The van der Waals surface area contributed by atoms with Crippen molar-refractivity contribution < 1.29 is 28.8 Å². The fourth-order valence-corrected chi connectivity index (χ4v) is 3.65. The zero-order valence-corrected chi connectivity index (χ0v) is 16.1. The number of carbonyl (C=O) groups excluding carboxylic acids is 1. The molecule has 154 valence electrons. The van der Waals surface area contributed by atoms with Crippen LogP contribution < -0.4 is 5.32 Å². The Labute approximate surface area is 169 Å². The minimum atomic E-state index is -1.01. The molecule has 2 aromatic rings. The van der Waals surface area contributed by atoms with Crippen molar-refractivity contribution in [1.82, 2.24) is 5.32 Å². The third-order valence-corrected chi connectivity index (χ3v) is 5.06. The minimum Gasteiger partial charge on any atom is -0.388 e. The minimum absolute atomic E-state index is 0.249. The molecule has 2 aromatic carbocycles. The maximum atomic E-state index is 11.7. The molecule has 0 bridgehead atoms. The lowest BCUT2D eigenvalue weighted by molar-refractivity contribution is -0.345. The number of amides is 1. The number of ether oxygens (including phenoxy) is 4. The molecule has 6 atom stereocenters. The van der Waals surface area contributed by atoms with Crippen LogP contribution in [0.3, 0.4) is 0 Å². The lowest BCUT2D eigenvalue weighted by atomic mass is 9.95. The molecule has 0 unspecified atom stereocenters. The van der Waals surface area contributed by atoms with Crippen LogP contribution in [0.15, 0.2) is 60.7 Å². The van der Waals surface area contributed by atoms with Crippen LogP contribution in [0.1, 0.15) is 24.3 Å². The van der Waals surface area contributed by atoms with E-state index in [1.807, 2.05) is 60.7 Å². The van der Waals surface area contributed by atoms with E-state index in [1.54, 1.807) is 0 Å². The van der Waals surface area contributed by atoms with Crippen molar-refractivity contribution in [2.24, 2.45) is 0 Å². The van der Waals surface area contributed by atoms with Crippen LogP contribution >= 0.6 is 0 Å². The SMILES string of the molecule is CC(=O)N[C@@H]1[C@@H](OCc2ccccc2)O[C@@H]2CO[C@H](c3ccccc3)O[C@@H]2[C@@H]1O. The molecule has 2 fully saturated rings. The topological polar surface area (TPSA) is 86.3 Å². The quantitative estimate of drug-likeness (QED) is 0.799. The average Bonchev–Trinajstić information content (AvgIpc) is 2.75. The highest BCUT2D eigenvalue weighted by molar-refractivity contribution is 5.73. The van der Waals surface area contributed by atoms with Crippen LogP contribution in [0.2, 0.25) is 0 Å². The monoisotopic (exact) mass is 399 g/mol. The van der Waals surface area contributed by atoms with Gasteiger partial charge in [-0.2, -0.15) is 0 Å². The summed E-state index contributed by atoms with van der Waals surface area (Å²) in [4.78, 5) is 11.7. The zero-order chi connectivity index (χ0) is 20.2. The average molecular weight is 399 g/mol. The van der Waals surface area contributed by atoms with E-state index in [9.17, 15) is 9.90 Å². The Balaban J connectivity index is 1.48. The molecule has 2 aliphatic heterocycles. The van der Waals surface area contributed by atoms with Gasteiger partial charge in [0.25, 0.3) is 0 Å². The van der Waals surface area contributed by atoms with Gasteiger partial charge in [0, 0.05) is 12.5 Å². The summed E-state index contributed by atoms with van der Waals surface area (Å²) in [6, 6.07) is 18.4. The molecule has 0 spiro atoms. The van der Waals surface area contributed by atoms with Crippen molar-refractivity contribution in [3.63, 3.8) is 0 Å². The number of aliphatic hydroxyl groups excluding tert-OH is 1. The maximum absolute atomic E-state index is 11.7. The van der Waals surface area contributed by atoms with Crippen molar-refractivity contribution in [1.29, 1.82) is 0 Å². The first-order chi connectivity index (χ1) is 14.1. The van der Waals surface area contributed by atoms with Crippen LogP contribution in [0.25, 0.3) is 0 Å². The zero-order valence-electron chi connectivity index (χ0n) is 16.1. The van der Waals surface area contributed by atoms with Gasteiger partial charge < -0.3 is 29.4 Å². The van der Waals surface area contributed by atoms with Crippen LogP contribution in [0.5, 0.6) is 0 Å². The van der Waals surface area contributed by atoms with Crippen molar-refractivity contribution in [3.8, 4) is 0 Å². The molecule has 7 nitrogen and oxygen atoms in total. The normalized spacial score (nSPS) is 31.7. The molecule has 0 saturated carbocycles. The van der Waals surface area contributed by atoms with Gasteiger partial charge in [-0.1, -0.05) is 60.7 Å². The molecule has 2 heterocycles. The Morgan fingerprint density at radius 3 is 2.48 bits per heavy atom.